The van der Waals surface area contributed by atoms with Crippen molar-refractivity contribution in [1.29, 1.82) is 0 Å². The Morgan fingerprint density at radius 2 is 2.00 bits per heavy atom. The lowest BCUT2D eigenvalue weighted by Crippen LogP contribution is -2.30. The first-order valence-corrected chi connectivity index (χ1v) is 14.9. The van der Waals surface area contributed by atoms with Crippen LogP contribution >= 0.6 is 11.6 Å². The second-order valence-corrected chi connectivity index (χ2v) is 12.2. The summed E-state index contributed by atoms with van der Waals surface area (Å²) in [5, 5.41) is 11.2. The predicted molar refractivity (Wildman–Crippen MR) is 158 cm³/mol. The molecule has 1 amide bonds. The van der Waals surface area contributed by atoms with E-state index < -0.39 is 10.0 Å². The maximum atomic E-state index is 13.8. The van der Waals surface area contributed by atoms with Crippen molar-refractivity contribution in [1.82, 2.24) is 14.6 Å². The molecular weight excluding hydrogens is 554 g/mol. The van der Waals surface area contributed by atoms with Crippen molar-refractivity contribution in [3.05, 3.63) is 59.8 Å². The zero-order chi connectivity index (χ0) is 28.6. The number of aromatic amines is 1. The van der Waals surface area contributed by atoms with E-state index in [1.54, 1.807) is 17.0 Å². The Balaban J connectivity index is 1.48. The number of aromatic nitrogens is 1. The summed E-state index contributed by atoms with van der Waals surface area (Å²) in [6, 6.07) is 13.9. The number of amides is 1. The topological polar surface area (TPSA) is 141 Å². The first kappa shape index (κ1) is 28.2. The van der Waals surface area contributed by atoms with Gasteiger partial charge in [-0.2, -0.15) is 0 Å². The number of likely N-dealkylation sites (N-methyl/N-ethyl adjacent to an activating group) is 1. The van der Waals surface area contributed by atoms with Gasteiger partial charge < -0.3 is 30.4 Å². The average molecular weight is 586 g/mol. The minimum absolute atomic E-state index is 0.0385. The third-order valence-corrected chi connectivity index (χ3v) is 8.87. The number of ether oxygens (including phenoxy) is 1. The Hall–Kier alpha value is -3.35. The number of carbonyl (C=O) groups is 1. The summed E-state index contributed by atoms with van der Waals surface area (Å²) in [5.74, 6) is 0.619. The number of nitrogens with one attached hydrogen (secondary N) is 2. The maximum absolute atomic E-state index is 13.8. The number of nitrogens with zero attached hydrogens (tertiary/aromatic N) is 2. The van der Waals surface area contributed by atoms with Crippen molar-refractivity contribution < 1.29 is 23.1 Å². The number of nitrogens with two attached hydrogens (primary N) is 1. The molecule has 5 rings (SSSR count). The van der Waals surface area contributed by atoms with E-state index in [1.807, 2.05) is 43.3 Å². The molecule has 0 saturated heterocycles. The molecule has 1 aromatic heterocycles. The van der Waals surface area contributed by atoms with E-state index in [9.17, 15) is 13.2 Å². The molecule has 212 valence electrons. The van der Waals surface area contributed by atoms with E-state index in [-0.39, 0.29) is 35.8 Å². The minimum Gasteiger partial charge on any atom is -0.492 e. The highest BCUT2D eigenvalue weighted by Gasteiger charge is 2.35. The third-order valence-electron chi connectivity index (χ3n) is 7.04. The van der Waals surface area contributed by atoms with Crippen LogP contribution in [0.3, 0.4) is 0 Å². The fourth-order valence-corrected chi connectivity index (χ4v) is 6.35. The summed E-state index contributed by atoms with van der Waals surface area (Å²) in [5.41, 5.74) is 9.51. The highest BCUT2D eigenvalue weighted by Crippen LogP contribution is 2.45. The van der Waals surface area contributed by atoms with E-state index >= 15 is 0 Å². The molecule has 0 bridgehead atoms. The van der Waals surface area contributed by atoms with Crippen LogP contribution in [-0.4, -0.2) is 82.1 Å². The van der Waals surface area contributed by atoms with Gasteiger partial charge in [-0.3, -0.25) is 4.79 Å². The van der Waals surface area contributed by atoms with Crippen LogP contribution in [0.25, 0.3) is 21.7 Å². The summed E-state index contributed by atoms with van der Waals surface area (Å²) >= 11 is 6.37. The molecule has 10 nitrogen and oxygen atoms in total. The maximum Gasteiger partial charge on any atom is 0.274 e. The average Bonchev–Trinajstić information content (AvgIpc) is 3.52. The van der Waals surface area contributed by atoms with Gasteiger partial charge in [-0.1, -0.05) is 6.07 Å². The molecule has 12 heteroatoms. The minimum atomic E-state index is -3.82. The Morgan fingerprint density at radius 3 is 2.73 bits per heavy atom. The van der Waals surface area contributed by atoms with Crippen LogP contribution in [0.4, 0.5) is 11.4 Å². The monoisotopic (exact) mass is 585 g/mol. The van der Waals surface area contributed by atoms with Crippen LogP contribution in [0.5, 0.6) is 5.75 Å². The third kappa shape index (κ3) is 5.35. The SMILES string of the molecule is CN(C)CCOc1ccc2[nH]c(C(=O)N3CC(CCl)c4c3cc(N)c3cc(S(=O)(=O)NCCO)ccc43)cc2c1. The summed E-state index contributed by atoms with van der Waals surface area (Å²) in [7, 11) is 0.149. The van der Waals surface area contributed by atoms with Gasteiger partial charge in [0.05, 0.1) is 17.2 Å². The number of nitrogen functional groups attached to an aromatic ring is 1. The number of sulfonamides is 1. The van der Waals surface area contributed by atoms with Crippen LogP contribution in [0.15, 0.2) is 53.4 Å². The van der Waals surface area contributed by atoms with Gasteiger partial charge in [0.1, 0.15) is 18.1 Å². The number of anilines is 2. The van der Waals surface area contributed by atoms with Gasteiger partial charge in [-0.05, 0) is 67.5 Å². The van der Waals surface area contributed by atoms with Crippen LogP contribution in [0.1, 0.15) is 22.0 Å². The fourth-order valence-electron chi connectivity index (χ4n) is 5.06. The first-order chi connectivity index (χ1) is 19.1. The summed E-state index contributed by atoms with van der Waals surface area (Å²) in [6.45, 7) is 1.31. The molecule has 0 aliphatic carbocycles. The number of hydrogen-bond acceptors (Lipinski definition) is 7. The number of H-pyrrole nitrogens is 1. The van der Waals surface area contributed by atoms with E-state index in [4.69, 9.17) is 27.2 Å². The molecular formula is C28H32ClN5O5S. The van der Waals surface area contributed by atoms with Crippen LogP contribution < -0.4 is 20.1 Å². The predicted octanol–water partition coefficient (Wildman–Crippen LogP) is 3.10. The number of alkyl halides is 1. The lowest BCUT2D eigenvalue weighted by molar-refractivity contribution is 0.0984. The fraction of sp³-hybridized carbons (Fsp3) is 0.321. The standard InChI is InChI=1S/C28H32ClN5O5S/c1-33(2)8-10-39-19-3-6-24-17(11-19)12-25(32-24)28(36)34-16-18(15-29)27-21-5-4-20(40(37,38)31-7-9-35)13-22(21)23(30)14-26(27)34/h3-6,11-14,18,31-32,35H,7-10,15-16,30H2,1-2H3. The number of benzene rings is 3. The molecule has 1 atom stereocenters. The molecule has 0 fully saturated rings. The lowest BCUT2D eigenvalue weighted by Gasteiger charge is -2.18. The normalized spacial score (nSPS) is 15.3. The number of aliphatic hydroxyl groups excluding tert-OH is 1. The quantitative estimate of drug-likeness (QED) is 0.165. The highest BCUT2D eigenvalue weighted by atomic mass is 35.5. The van der Waals surface area contributed by atoms with Gasteiger partial charge in [-0.25, -0.2) is 13.1 Å². The van der Waals surface area contributed by atoms with Crippen molar-refractivity contribution >= 4 is 60.6 Å². The summed E-state index contributed by atoms with van der Waals surface area (Å²) in [6.07, 6.45) is 0. The molecule has 5 N–H and O–H groups in total. The Labute approximate surface area is 237 Å². The van der Waals surface area contributed by atoms with Crippen molar-refractivity contribution in [2.24, 2.45) is 0 Å². The number of hydrogen-bond donors (Lipinski definition) is 4. The molecule has 1 aliphatic heterocycles. The van der Waals surface area contributed by atoms with Crippen molar-refractivity contribution in [2.75, 3.05) is 63.5 Å². The zero-order valence-electron chi connectivity index (χ0n) is 22.3. The Morgan fingerprint density at radius 1 is 1.20 bits per heavy atom. The summed E-state index contributed by atoms with van der Waals surface area (Å²) < 4.78 is 33.4. The van der Waals surface area contributed by atoms with E-state index in [2.05, 4.69) is 9.71 Å². The number of aliphatic hydroxyl groups is 1. The number of carbonyl (C=O) groups excluding carboxylic acids is 1. The molecule has 4 aromatic rings. The van der Waals surface area contributed by atoms with E-state index in [1.165, 1.54) is 12.1 Å². The molecule has 3 aromatic carbocycles. The van der Waals surface area contributed by atoms with Crippen molar-refractivity contribution in [2.45, 2.75) is 10.8 Å². The Kier molecular flexibility index (Phi) is 7.94. The molecule has 0 saturated carbocycles. The second-order valence-electron chi connectivity index (χ2n) is 10.1. The van der Waals surface area contributed by atoms with Gasteiger partial charge in [0.15, 0.2) is 0 Å². The molecule has 1 aliphatic rings. The van der Waals surface area contributed by atoms with Crippen molar-refractivity contribution in [3.63, 3.8) is 0 Å². The molecule has 40 heavy (non-hydrogen) atoms. The smallest absolute Gasteiger partial charge is 0.274 e. The van der Waals surface area contributed by atoms with Crippen molar-refractivity contribution in [3.8, 4) is 5.75 Å². The van der Waals surface area contributed by atoms with E-state index in [0.717, 1.165) is 34.1 Å². The van der Waals surface area contributed by atoms with Gasteiger partial charge in [0, 0.05) is 53.4 Å². The molecule has 1 unspecified atom stereocenters. The molecule has 2 heterocycles. The lowest BCUT2D eigenvalue weighted by atomic mass is 9.95. The number of rotatable bonds is 10. The van der Waals surface area contributed by atoms with E-state index in [0.29, 0.717) is 35.6 Å². The van der Waals surface area contributed by atoms with Gasteiger partial charge in [-0.15, -0.1) is 11.6 Å². The second kappa shape index (κ2) is 11.3. The van der Waals surface area contributed by atoms with Gasteiger partial charge in [0.2, 0.25) is 10.0 Å². The highest BCUT2D eigenvalue weighted by molar-refractivity contribution is 7.89. The summed E-state index contributed by atoms with van der Waals surface area (Å²) in [4.78, 5) is 20.7. The van der Waals surface area contributed by atoms with Gasteiger partial charge in [0.25, 0.3) is 5.91 Å². The zero-order valence-corrected chi connectivity index (χ0v) is 23.8. The van der Waals surface area contributed by atoms with Crippen LogP contribution in [0.2, 0.25) is 0 Å². The number of halogens is 1. The largest absolute Gasteiger partial charge is 0.492 e. The van der Waals surface area contributed by atoms with Crippen LogP contribution in [0, 0.1) is 0 Å². The van der Waals surface area contributed by atoms with Gasteiger partial charge >= 0.3 is 0 Å². The van der Waals surface area contributed by atoms with Crippen LogP contribution in [-0.2, 0) is 10.0 Å². The number of fused-ring (bicyclic) bond motifs is 4. The first-order valence-electron chi connectivity index (χ1n) is 12.9. The molecule has 0 radical (unpaired) electrons. The molecule has 0 spiro atoms. The Bertz CT molecular complexity index is 1690.